The first kappa shape index (κ1) is 14.4. The van der Waals surface area contributed by atoms with E-state index >= 15 is 0 Å². The summed E-state index contributed by atoms with van der Waals surface area (Å²) in [6.07, 6.45) is 2.47. The molecule has 98 valence electrons. The first-order chi connectivity index (χ1) is 8.04. The normalized spacial score (nSPS) is 28.3. The summed E-state index contributed by atoms with van der Waals surface area (Å²) in [5.74, 6) is -0.747. The van der Waals surface area contributed by atoms with Gasteiger partial charge in [0.15, 0.2) is 0 Å². The maximum atomic E-state index is 11.1. The summed E-state index contributed by atoms with van der Waals surface area (Å²) < 4.78 is 0. The molecule has 1 aliphatic heterocycles. The van der Waals surface area contributed by atoms with Crippen LogP contribution in [0.1, 0.15) is 19.3 Å². The van der Waals surface area contributed by atoms with E-state index in [0.717, 1.165) is 13.0 Å². The zero-order chi connectivity index (χ0) is 12.8. The summed E-state index contributed by atoms with van der Waals surface area (Å²) in [6, 6.07) is -0.325. The van der Waals surface area contributed by atoms with Gasteiger partial charge in [-0.2, -0.15) is 0 Å². The summed E-state index contributed by atoms with van der Waals surface area (Å²) in [7, 11) is 0.549. The number of carboxylic acid groups (broad SMARTS) is 1. The van der Waals surface area contributed by atoms with E-state index in [1.807, 2.05) is 7.05 Å². The Morgan fingerprint density at radius 1 is 1.53 bits per heavy atom. The van der Waals surface area contributed by atoms with Gasteiger partial charge in [0.2, 0.25) is 0 Å². The van der Waals surface area contributed by atoms with Crippen molar-refractivity contribution in [2.45, 2.75) is 37.7 Å². The zero-order valence-corrected chi connectivity index (χ0v) is 10.1. The molecule has 0 amide bonds. The van der Waals surface area contributed by atoms with Crippen molar-refractivity contribution in [2.24, 2.45) is 5.92 Å². The Balaban J connectivity index is 2.41. The number of hydrogen-bond acceptors (Lipinski definition) is 5. The van der Waals surface area contributed by atoms with Gasteiger partial charge in [-0.05, 0) is 32.1 Å². The van der Waals surface area contributed by atoms with Crippen molar-refractivity contribution in [3.63, 3.8) is 0 Å². The second-order valence-electron chi connectivity index (χ2n) is 4.64. The Kier molecular flexibility index (Phi) is 5.90. The Morgan fingerprint density at radius 2 is 2.24 bits per heavy atom. The zero-order valence-electron chi connectivity index (χ0n) is 10.1. The predicted octanol–water partition coefficient (Wildman–Crippen LogP) is -1.11. The van der Waals surface area contributed by atoms with Gasteiger partial charge in [-0.15, -0.1) is 0 Å². The van der Waals surface area contributed by atoms with E-state index in [9.17, 15) is 4.79 Å². The molecule has 0 aromatic rings. The summed E-state index contributed by atoms with van der Waals surface area (Å²) in [4.78, 5) is 11.1. The maximum absolute atomic E-state index is 11.1. The molecule has 0 saturated carbocycles. The molecule has 3 unspecified atom stereocenters. The molecule has 0 spiro atoms. The second-order valence-corrected chi connectivity index (χ2v) is 4.64. The molecule has 1 aliphatic rings. The highest BCUT2D eigenvalue weighted by Crippen LogP contribution is 2.26. The van der Waals surface area contributed by atoms with Crippen LogP contribution in [-0.4, -0.2) is 53.9 Å². The minimum Gasteiger partial charge on any atom is -0.480 e. The summed E-state index contributed by atoms with van der Waals surface area (Å²) >= 11 is 0. The number of carbonyl (C=O) groups is 1. The fraction of sp³-hybridized carbons (Fsp3) is 0.900. The van der Waals surface area contributed by atoms with Crippen LogP contribution >= 0.6 is 0 Å². The van der Waals surface area contributed by atoms with Crippen LogP contribution < -0.4 is 10.6 Å². The summed E-state index contributed by atoms with van der Waals surface area (Å²) in [6.45, 7) is 0.753. The van der Waals surface area contributed by atoms with Crippen LogP contribution in [0.5, 0.6) is 0 Å². The third-order valence-electron chi connectivity index (χ3n) is 3.23. The van der Waals surface area contributed by atoms with Gasteiger partial charge in [0.1, 0.15) is 6.04 Å². The minimum atomic E-state index is -1.29. The Labute approximate surface area is 102 Å². The molecule has 3 atom stereocenters. The molecule has 0 aliphatic carbocycles. The fourth-order valence-corrected chi connectivity index (χ4v) is 2.47. The van der Waals surface area contributed by atoms with E-state index in [4.69, 9.17) is 15.2 Å². The standard InChI is InChI=1S/C10H21BN2O4/c1-12-6-8-5-7(3-2-4-11(16)17)9(13-8)10(14)15/h7-9,12-13,16-17H,2-6H2,1H3,(H,14,15). The second kappa shape index (κ2) is 6.95. The van der Waals surface area contributed by atoms with Crippen molar-refractivity contribution in [2.75, 3.05) is 13.6 Å². The SMILES string of the molecule is CNCC1CC(CCCB(O)O)C(C(=O)O)N1. The first-order valence-corrected chi connectivity index (χ1v) is 6.04. The smallest absolute Gasteiger partial charge is 0.451 e. The van der Waals surface area contributed by atoms with Crippen LogP contribution in [0.4, 0.5) is 0 Å². The van der Waals surface area contributed by atoms with Crippen LogP contribution in [0, 0.1) is 5.92 Å². The molecule has 1 rings (SSSR count). The Bertz CT molecular complexity index is 252. The average molecular weight is 244 g/mol. The van der Waals surface area contributed by atoms with Crippen LogP contribution in [0.15, 0.2) is 0 Å². The van der Waals surface area contributed by atoms with E-state index in [1.165, 1.54) is 0 Å². The van der Waals surface area contributed by atoms with Crippen LogP contribution in [-0.2, 0) is 4.79 Å². The van der Waals surface area contributed by atoms with E-state index in [2.05, 4.69) is 10.6 Å². The highest BCUT2D eigenvalue weighted by atomic mass is 16.4. The van der Waals surface area contributed by atoms with Crippen LogP contribution in [0.25, 0.3) is 0 Å². The Morgan fingerprint density at radius 3 is 2.76 bits per heavy atom. The van der Waals surface area contributed by atoms with Gasteiger partial charge in [0.25, 0.3) is 0 Å². The predicted molar refractivity (Wildman–Crippen MR) is 64.6 cm³/mol. The number of hydrogen-bond donors (Lipinski definition) is 5. The molecule has 0 aromatic carbocycles. The lowest BCUT2D eigenvalue weighted by Gasteiger charge is -2.14. The molecule has 0 bridgehead atoms. The molecule has 1 fully saturated rings. The number of rotatable bonds is 7. The summed E-state index contributed by atoms with van der Waals surface area (Å²) in [5, 5.41) is 32.7. The van der Waals surface area contributed by atoms with Crippen molar-refractivity contribution in [1.82, 2.24) is 10.6 Å². The van der Waals surface area contributed by atoms with Crippen molar-refractivity contribution in [1.29, 1.82) is 0 Å². The van der Waals surface area contributed by atoms with Gasteiger partial charge >= 0.3 is 13.1 Å². The topological polar surface area (TPSA) is 102 Å². The van der Waals surface area contributed by atoms with Gasteiger partial charge in [-0.1, -0.05) is 6.42 Å². The lowest BCUT2D eigenvalue weighted by atomic mass is 9.81. The van der Waals surface area contributed by atoms with Gasteiger partial charge in [-0.25, -0.2) is 0 Å². The quantitative estimate of drug-likeness (QED) is 0.364. The van der Waals surface area contributed by atoms with Gasteiger partial charge in [-0.3, -0.25) is 4.79 Å². The average Bonchev–Trinajstić information content (AvgIpc) is 2.61. The molecular formula is C10H21BN2O4. The van der Waals surface area contributed by atoms with E-state index in [-0.39, 0.29) is 12.0 Å². The van der Waals surface area contributed by atoms with Gasteiger partial charge in [0.05, 0.1) is 0 Å². The van der Waals surface area contributed by atoms with Crippen molar-refractivity contribution in [3.8, 4) is 0 Å². The lowest BCUT2D eigenvalue weighted by Crippen LogP contribution is -2.41. The third-order valence-corrected chi connectivity index (χ3v) is 3.23. The van der Waals surface area contributed by atoms with E-state index in [0.29, 0.717) is 19.2 Å². The van der Waals surface area contributed by atoms with Crippen molar-refractivity contribution < 1.29 is 19.9 Å². The molecule has 17 heavy (non-hydrogen) atoms. The molecule has 5 N–H and O–H groups in total. The van der Waals surface area contributed by atoms with Gasteiger partial charge in [0, 0.05) is 12.6 Å². The van der Waals surface area contributed by atoms with Crippen molar-refractivity contribution >= 4 is 13.1 Å². The van der Waals surface area contributed by atoms with E-state index in [1.54, 1.807) is 0 Å². The largest absolute Gasteiger partial charge is 0.480 e. The fourth-order valence-electron chi connectivity index (χ4n) is 2.47. The highest BCUT2D eigenvalue weighted by Gasteiger charge is 2.37. The third kappa shape index (κ3) is 4.63. The number of carboxylic acids is 1. The van der Waals surface area contributed by atoms with Crippen molar-refractivity contribution in [3.05, 3.63) is 0 Å². The van der Waals surface area contributed by atoms with Gasteiger partial charge < -0.3 is 25.8 Å². The molecular weight excluding hydrogens is 223 g/mol. The number of aliphatic carboxylic acids is 1. The minimum absolute atomic E-state index is 0.0737. The molecule has 7 heteroatoms. The first-order valence-electron chi connectivity index (χ1n) is 6.04. The monoisotopic (exact) mass is 244 g/mol. The lowest BCUT2D eigenvalue weighted by molar-refractivity contribution is -0.140. The molecule has 1 heterocycles. The maximum Gasteiger partial charge on any atom is 0.451 e. The number of likely N-dealkylation sites (N-methyl/N-ethyl adjacent to an activating group) is 1. The molecule has 0 radical (unpaired) electrons. The molecule has 1 saturated heterocycles. The molecule has 0 aromatic heterocycles. The number of nitrogens with one attached hydrogen (secondary N) is 2. The highest BCUT2D eigenvalue weighted by molar-refractivity contribution is 6.40. The van der Waals surface area contributed by atoms with E-state index < -0.39 is 19.1 Å². The Hall–Kier alpha value is -0.625. The van der Waals surface area contributed by atoms with Crippen LogP contribution in [0.2, 0.25) is 6.32 Å². The summed E-state index contributed by atoms with van der Waals surface area (Å²) in [5.41, 5.74) is 0. The molecule has 6 nitrogen and oxygen atoms in total. The van der Waals surface area contributed by atoms with Crippen LogP contribution in [0.3, 0.4) is 0 Å².